The Bertz CT molecular complexity index is 364. The molecule has 1 aliphatic rings. The first-order valence-electron chi connectivity index (χ1n) is 5.25. The molecule has 2 N–H and O–H groups in total. The van der Waals surface area contributed by atoms with Crippen LogP contribution in [0.25, 0.3) is 0 Å². The van der Waals surface area contributed by atoms with Gasteiger partial charge in [0.05, 0.1) is 13.2 Å². The second-order valence-corrected chi connectivity index (χ2v) is 4.11. The van der Waals surface area contributed by atoms with Crippen molar-refractivity contribution >= 4 is 17.5 Å². The van der Waals surface area contributed by atoms with Gasteiger partial charge in [0.25, 0.3) is 5.91 Å². The fraction of sp³-hybridized carbons (Fsp3) is 0.364. The molecule has 6 heteroatoms. The molecule has 1 fully saturated rings. The van der Waals surface area contributed by atoms with Gasteiger partial charge in [0.2, 0.25) is 0 Å². The maximum Gasteiger partial charge on any atom is 0.295 e. The second-order valence-electron chi connectivity index (χ2n) is 3.68. The standard InChI is InChI=1S/C11H13ClN2O2.ClH/c12-10-3-1-9(2-4-10)11(15)13-14-5-7-16-8-6-14;/h1-4H,5-8H2,(H,13,15);1H. The predicted octanol–water partition coefficient (Wildman–Crippen LogP) is -3.10. The van der Waals surface area contributed by atoms with Gasteiger partial charge in [-0.2, -0.15) is 5.43 Å². The van der Waals surface area contributed by atoms with E-state index in [-0.39, 0.29) is 18.3 Å². The Kier molecular flexibility index (Phi) is 5.71. The smallest absolute Gasteiger partial charge is 0.295 e. The molecule has 0 bridgehead atoms. The lowest BCUT2D eigenvalue weighted by Gasteiger charge is -2.23. The van der Waals surface area contributed by atoms with E-state index in [1.807, 2.05) is 0 Å². The molecular formula is C11H14Cl2N2O2. The molecule has 1 aromatic rings. The van der Waals surface area contributed by atoms with Gasteiger partial charge in [0.15, 0.2) is 0 Å². The Morgan fingerprint density at radius 1 is 1.24 bits per heavy atom. The van der Waals surface area contributed by atoms with Gasteiger partial charge in [-0.3, -0.25) is 4.79 Å². The second kappa shape index (κ2) is 6.81. The Labute approximate surface area is 111 Å². The van der Waals surface area contributed by atoms with E-state index in [1.54, 1.807) is 24.3 Å². The number of nitrogens with one attached hydrogen (secondary N) is 2. The molecule has 94 valence electrons. The molecule has 1 amide bonds. The number of hydrogen-bond donors (Lipinski definition) is 2. The van der Waals surface area contributed by atoms with Crippen molar-refractivity contribution in [3.05, 3.63) is 34.9 Å². The summed E-state index contributed by atoms with van der Waals surface area (Å²) in [4.78, 5) is 11.8. The highest BCUT2D eigenvalue weighted by atomic mass is 35.5. The molecule has 0 spiro atoms. The number of quaternary nitrogens is 1. The predicted molar refractivity (Wildman–Crippen MR) is 60.4 cm³/mol. The van der Waals surface area contributed by atoms with E-state index in [0.717, 1.165) is 18.1 Å². The normalized spacial score (nSPS) is 16.1. The van der Waals surface area contributed by atoms with Crippen molar-refractivity contribution in [1.82, 2.24) is 5.43 Å². The zero-order valence-electron chi connectivity index (χ0n) is 9.21. The van der Waals surface area contributed by atoms with Crippen LogP contribution < -0.4 is 22.8 Å². The van der Waals surface area contributed by atoms with Crippen LogP contribution in [0.3, 0.4) is 0 Å². The van der Waals surface area contributed by atoms with Crippen molar-refractivity contribution in [3.63, 3.8) is 0 Å². The summed E-state index contributed by atoms with van der Waals surface area (Å²) in [7, 11) is 0. The molecule has 0 saturated carbocycles. The number of carbonyl (C=O) groups is 1. The molecule has 1 heterocycles. The third-order valence-electron chi connectivity index (χ3n) is 2.49. The number of amides is 1. The van der Waals surface area contributed by atoms with Crippen LogP contribution in [0.4, 0.5) is 0 Å². The minimum absolute atomic E-state index is 0. The summed E-state index contributed by atoms with van der Waals surface area (Å²) in [5.74, 6) is -0.0754. The molecule has 2 rings (SSSR count). The Balaban J connectivity index is 0.00000144. The van der Waals surface area contributed by atoms with E-state index in [9.17, 15) is 4.79 Å². The van der Waals surface area contributed by atoms with Crippen molar-refractivity contribution in [2.75, 3.05) is 26.3 Å². The lowest BCUT2D eigenvalue weighted by molar-refractivity contribution is -0.942. The zero-order chi connectivity index (χ0) is 11.4. The summed E-state index contributed by atoms with van der Waals surface area (Å²) in [5.41, 5.74) is 3.54. The van der Waals surface area contributed by atoms with E-state index < -0.39 is 0 Å². The average Bonchev–Trinajstić information content (AvgIpc) is 2.31. The van der Waals surface area contributed by atoms with E-state index in [4.69, 9.17) is 16.3 Å². The van der Waals surface area contributed by atoms with Crippen molar-refractivity contribution in [3.8, 4) is 0 Å². The van der Waals surface area contributed by atoms with Gasteiger partial charge < -0.3 is 17.1 Å². The SMILES string of the molecule is O=C(N[NH+]1CCOCC1)c1ccc(Cl)cc1.[Cl-]. The number of hydrogen-bond acceptors (Lipinski definition) is 2. The monoisotopic (exact) mass is 276 g/mol. The lowest BCUT2D eigenvalue weighted by atomic mass is 10.2. The Morgan fingerprint density at radius 3 is 2.41 bits per heavy atom. The maximum atomic E-state index is 11.8. The molecule has 0 aliphatic carbocycles. The summed E-state index contributed by atoms with van der Waals surface area (Å²) >= 11 is 5.75. The van der Waals surface area contributed by atoms with Crippen LogP contribution in [0, 0.1) is 0 Å². The molecule has 1 aromatic carbocycles. The van der Waals surface area contributed by atoms with Gasteiger partial charge in [-0.05, 0) is 24.3 Å². The number of rotatable bonds is 2. The molecule has 17 heavy (non-hydrogen) atoms. The van der Waals surface area contributed by atoms with Crippen LogP contribution in [-0.4, -0.2) is 32.2 Å². The molecule has 1 aliphatic heterocycles. The topological polar surface area (TPSA) is 42.8 Å². The zero-order valence-corrected chi connectivity index (χ0v) is 10.7. The highest BCUT2D eigenvalue weighted by molar-refractivity contribution is 6.30. The molecule has 1 saturated heterocycles. The van der Waals surface area contributed by atoms with Gasteiger partial charge in [0.1, 0.15) is 13.1 Å². The van der Waals surface area contributed by atoms with Gasteiger partial charge in [-0.1, -0.05) is 11.6 Å². The highest BCUT2D eigenvalue weighted by Crippen LogP contribution is 2.08. The summed E-state index contributed by atoms with van der Waals surface area (Å²) < 4.78 is 5.21. The summed E-state index contributed by atoms with van der Waals surface area (Å²) in [6.07, 6.45) is 0. The Hall–Kier alpha value is -0.810. The van der Waals surface area contributed by atoms with E-state index >= 15 is 0 Å². The molecule has 0 radical (unpaired) electrons. The number of morpholine rings is 1. The number of carbonyl (C=O) groups excluding carboxylic acids is 1. The number of halogens is 2. The first kappa shape index (κ1) is 14.3. The van der Waals surface area contributed by atoms with Crippen LogP contribution in [0.2, 0.25) is 5.02 Å². The van der Waals surface area contributed by atoms with Crippen LogP contribution in [0.1, 0.15) is 10.4 Å². The molecule has 0 aromatic heterocycles. The fourth-order valence-electron chi connectivity index (χ4n) is 1.58. The van der Waals surface area contributed by atoms with E-state index in [2.05, 4.69) is 5.43 Å². The largest absolute Gasteiger partial charge is 1.00 e. The number of ether oxygens (including phenoxy) is 1. The molecular weight excluding hydrogens is 263 g/mol. The molecule has 0 atom stereocenters. The molecule has 4 nitrogen and oxygen atoms in total. The lowest BCUT2D eigenvalue weighted by Crippen LogP contribution is -3.20. The summed E-state index contributed by atoms with van der Waals surface area (Å²) in [5, 5.41) is 1.68. The van der Waals surface area contributed by atoms with Gasteiger partial charge in [-0.25, -0.2) is 5.01 Å². The first-order chi connectivity index (χ1) is 7.75. The van der Waals surface area contributed by atoms with Crippen LogP contribution >= 0.6 is 11.6 Å². The van der Waals surface area contributed by atoms with Crippen molar-refractivity contribution in [1.29, 1.82) is 0 Å². The fourth-order valence-corrected chi connectivity index (χ4v) is 1.70. The van der Waals surface area contributed by atoms with Crippen molar-refractivity contribution in [2.45, 2.75) is 0 Å². The maximum absolute atomic E-state index is 11.8. The third-order valence-corrected chi connectivity index (χ3v) is 2.75. The van der Waals surface area contributed by atoms with Crippen LogP contribution in [-0.2, 0) is 4.74 Å². The van der Waals surface area contributed by atoms with E-state index in [0.29, 0.717) is 23.8 Å². The van der Waals surface area contributed by atoms with Crippen molar-refractivity contribution < 1.29 is 26.9 Å². The van der Waals surface area contributed by atoms with Gasteiger partial charge in [-0.15, -0.1) is 0 Å². The minimum atomic E-state index is -0.0754. The molecule has 0 unspecified atom stereocenters. The average molecular weight is 277 g/mol. The van der Waals surface area contributed by atoms with Crippen molar-refractivity contribution in [2.24, 2.45) is 0 Å². The van der Waals surface area contributed by atoms with Gasteiger partial charge >= 0.3 is 0 Å². The summed E-state index contributed by atoms with van der Waals surface area (Å²) in [6, 6.07) is 6.87. The highest BCUT2D eigenvalue weighted by Gasteiger charge is 2.17. The van der Waals surface area contributed by atoms with Crippen LogP contribution in [0.5, 0.6) is 0 Å². The Morgan fingerprint density at radius 2 is 1.82 bits per heavy atom. The minimum Gasteiger partial charge on any atom is -1.00 e. The van der Waals surface area contributed by atoms with Crippen LogP contribution in [0.15, 0.2) is 24.3 Å². The third kappa shape index (κ3) is 4.16. The van der Waals surface area contributed by atoms with Gasteiger partial charge in [0, 0.05) is 10.6 Å². The first-order valence-corrected chi connectivity index (χ1v) is 5.63. The number of benzene rings is 1. The van der Waals surface area contributed by atoms with E-state index in [1.165, 1.54) is 0 Å². The quantitative estimate of drug-likeness (QED) is 0.601. The summed E-state index contributed by atoms with van der Waals surface area (Å²) in [6.45, 7) is 2.99.